The van der Waals surface area contributed by atoms with Gasteiger partial charge in [0, 0.05) is 63.5 Å². The Balaban J connectivity index is 0.992. The predicted octanol–water partition coefficient (Wildman–Crippen LogP) is 5.06. The molecule has 0 saturated carbocycles. The van der Waals surface area contributed by atoms with Gasteiger partial charge in [0.1, 0.15) is 23.3 Å². The van der Waals surface area contributed by atoms with Gasteiger partial charge in [0.15, 0.2) is 0 Å². The number of halogens is 4. The molecule has 16 heteroatoms. The Hall–Kier alpha value is -7.36. The van der Waals surface area contributed by atoms with Gasteiger partial charge in [-0.25, -0.2) is 17.6 Å². The molecular weight excluding hydrogens is 881 g/mol. The Bertz CT molecular complexity index is 2240. The van der Waals surface area contributed by atoms with Gasteiger partial charge in [0.25, 0.3) is 11.8 Å². The first-order chi connectivity index (χ1) is 32.8. The van der Waals surface area contributed by atoms with E-state index in [1.807, 2.05) is 0 Å². The quantitative estimate of drug-likeness (QED) is 0.0902. The zero-order valence-electron chi connectivity index (χ0n) is 37.2. The molecule has 12 nitrogen and oxygen atoms in total. The van der Waals surface area contributed by atoms with E-state index in [1.165, 1.54) is 82.6 Å². The normalized spacial score (nSPS) is 17.6. The van der Waals surface area contributed by atoms with E-state index in [9.17, 15) is 46.3 Å². The van der Waals surface area contributed by atoms with Crippen LogP contribution in [0.5, 0.6) is 0 Å². The summed E-state index contributed by atoms with van der Waals surface area (Å²) in [6.07, 6.45) is 1.66. The fraction of sp³-hybridized carbons (Fsp3) is 0.308. The van der Waals surface area contributed by atoms with Crippen molar-refractivity contribution in [3.8, 4) is 0 Å². The minimum atomic E-state index is -0.893. The number of carbonyl (C=O) groups excluding carboxylic acids is 6. The van der Waals surface area contributed by atoms with Crippen LogP contribution in [0.2, 0.25) is 0 Å². The van der Waals surface area contributed by atoms with E-state index in [0.717, 1.165) is 22.3 Å². The van der Waals surface area contributed by atoms with Crippen molar-refractivity contribution in [2.75, 3.05) is 52.4 Å². The van der Waals surface area contributed by atoms with Crippen molar-refractivity contribution in [1.82, 2.24) is 31.1 Å². The molecule has 354 valence electrons. The summed E-state index contributed by atoms with van der Waals surface area (Å²) in [6.45, 7) is 0.606. The molecule has 6 amide bonds. The molecule has 2 aliphatic rings. The molecule has 2 unspecified atom stereocenters. The molecule has 2 aliphatic heterocycles. The van der Waals surface area contributed by atoms with E-state index in [4.69, 9.17) is 0 Å². The summed E-state index contributed by atoms with van der Waals surface area (Å²) in [5, 5.41) is 11.4. The lowest BCUT2D eigenvalue weighted by Gasteiger charge is -2.18. The van der Waals surface area contributed by atoms with Gasteiger partial charge in [-0.1, -0.05) is 48.5 Å². The van der Waals surface area contributed by atoms with Gasteiger partial charge in [0.2, 0.25) is 23.6 Å². The summed E-state index contributed by atoms with van der Waals surface area (Å²) in [7, 11) is 0. The fourth-order valence-corrected chi connectivity index (χ4v) is 8.57. The zero-order chi connectivity index (χ0) is 48.2. The summed E-state index contributed by atoms with van der Waals surface area (Å²) < 4.78 is 53.7. The van der Waals surface area contributed by atoms with Crippen LogP contribution in [0, 0.1) is 46.9 Å². The lowest BCUT2D eigenvalue weighted by atomic mass is 9.94. The van der Waals surface area contributed by atoms with Gasteiger partial charge in [-0.15, -0.1) is 0 Å². The Kier molecular flexibility index (Phi) is 16.4. The largest absolute Gasteiger partial charge is 0.355 e. The summed E-state index contributed by atoms with van der Waals surface area (Å²) >= 11 is 0. The standard InChI is InChI=1S/C52H52F4N6O6/c53-39-13-1-33(2-14-39)21-25-57-47(63)43-29-61(30-44(43)48(64)58-26-22-34-3-15-40(54)16-4-34)51(67)37-9-11-38(12-10-37)52(68)62-31-45(49(65)59-27-23-35-5-17-41(55)18-6-35)46(32-62)50(66)60-28-24-36-7-19-42(56)20-8-36/h1-20,43-46H,21-32H2,(H,57,63)(H,58,64)(H,59,65)(H,60,66)/t43-,44?,45-,46?/m1/s1. The van der Waals surface area contributed by atoms with Gasteiger partial charge in [-0.05, 0) is 121 Å². The smallest absolute Gasteiger partial charge is 0.253 e. The van der Waals surface area contributed by atoms with Crippen LogP contribution in [0.15, 0.2) is 121 Å². The molecule has 5 aromatic rings. The first kappa shape index (κ1) is 48.6. The van der Waals surface area contributed by atoms with E-state index < -0.39 is 59.1 Å². The molecule has 4 N–H and O–H groups in total. The van der Waals surface area contributed by atoms with Gasteiger partial charge < -0.3 is 31.1 Å². The molecule has 2 heterocycles. The van der Waals surface area contributed by atoms with Crippen molar-refractivity contribution < 1.29 is 46.3 Å². The number of amides is 6. The topological polar surface area (TPSA) is 157 Å². The van der Waals surface area contributed by atoms with E-state index in [1.54, 1.807) is 48.5 Å². The van der Waals surface area contributed by atoms with Crippen LogP contribution in [-0.4, -0.2) is 97.6 Å². The molecule has 7 rings (SSSR count). The van der Waals surface area contributed by atoms with Crippen LogP contribution in [0.4, 0.5) is 17.6 Å². The number of carbonyl (C=O) groups is 6. The van der Waals surface area contributed by atoms with Crippen molar-refractivity contribution >= 4 is 35.4 Å². The lowest BCUT2D eigenvalue weighted by Crippen LogP contribution is -2.42. The second kappa shape index (κ2) is 22.9. The number of likely N-dealkylation sites (tertiary alicyclic amines) is 2. The third-order valence-corrected chi connectivity index (χ3v) is 12.4. The van der Waals surface area contributed by atoms with Crippen LogP contribution in [0.3, 0.4) is 0 Å². The third-order valence-electron chi connectivity index (χ3n) is 12.4. The summed E-state index contributed by atoms with van der Waals surface area (Å²) in [4.78, 5) is 85.3. The number of hydrogen-bond acceptors (Lipinski definition) is 6. The molecule has 0 aliphatic carbocycles. The Morgan fingerprint density at radius 3 is 0.765 bits per heavy atom. The monoisotopic (exact) mass is 932 g/mol. The number of nitrogens with zero attached hydrogens (tertiary/aromatic N) is 2. The molecule has 2 saturated heterocycles. The second-order valence-electron chi connectivity index (χ2n) is 17.1. The van der Waals surface area contributed by atoms with Gasteiger partial charge in [-0.3, -0.25) is 28.8 Å². The molecule has 0 spiro atoms. The summed E-state index contributed by atoms with van der Waals surface area (Å²) in [5.41, 5.74) is 3.62. The van der Waals surface area contributed by atoms with E-state index in [0.29, 0.717) is 25.7 Å². The fourth-order valence-electron chi connectivity index (χ4n) is 8.57. The van der Waals surface area contributed by atoms with Crippen LogP contribution in [-0.2, 0) is 44.9 Å². The number of nitrogens with one attached hydrogen (secondary N) is 4. The van der Waals surface area contributed by atoms with Crippen LogP contribution < -0.4 is 21.3 Å². The Labute approximate surface area is 391 Å². The van der Waals surface area contributed by atoms with Crippen molar-refractivity contribution in [3.63, 3.8) is 0 Å². The minimum Gasteiger partial charge on any atom is -0.355 e. The van der Waals surface area contributed by atoms with E-state index in [-0.39, 0.29) is 86.8 Å². The van der Waals surface area contributed by atoms with Crippen LogP contribution in [0.1, 0.15) is 43.0 Å². The number of hydrogen-bond donors (Lipinski definition) is 4. The maximum Gasteiger partial charge on any atom is 0.253 e. The highest BCUT2D eigenvalue weighted by molar-refractivity contribution is 6.00. The molecule has 4 atom stereocenters. The molecule has 5 aromatic carbocycles. The zero-order valence-corrected chi connectivity index (χ0v) is 37.2. The van der Waals surface area contributed by atoms with Gasteiger partial charge in [-0.2, -0.15) is 0 Å². The van der Waals surface area contributed by atoms with Crippen LogP contribution >= 0.6 is 0 Å². The first-order valence-electron chi connectivity index (χ1n) is 22.6. The summed E-state index contributed by atoms with van der Waals surface area (Å²) in [6, 6.07) is 29.4. The molecule has 0 radical (unpaired) electrons. The molecule has 2 fully saturated rings. The van der Waals surface area contributed by atoms with Crippen molar-refractivity contribution in [2.45, 2.75) is 25.7 Å². The number of benzene rings is 5. The molecule has 0 bridgehead atoms. The lowest BCUT2D eigenvalue weighted by molar-refractivity contribution is -0.132. The molecular formula is C52H52F4N6O6. The van der Waals surface area contributed by atoms with E-state index >= 15 is 0 Å². The predicted molar refractivity (Wildman–Crippen MR) is 245 cm³/mol. The third kappa shape index (κ3) is 13.0. The van der Waals surface area contributed by atoms with Crippen LogP contribution in [0.25, 0.3) is 0 Å². The van der Waals surface area contributed by atoms with E-state index in [2.05, 4.69) is 21.3 Å². The Morgan fingerprint density at radius 1 is 0.353 bits per heavy atom. The Morgan fingerprint density at radius 2 is 0.559 bits per heavy atom. The molecule has 0 aromatic heterocycles. The van der Waals surface area contributed by atoms with Gasteiger partial charge >= 0.3 is 0 Å². The average Bonchev–Trinajstić information content (AvgIpc) is 4.01. The van der Waals surface area contributed by atoms with Crippen molar-refractivity contribution in [3.05, 3.63) is 178 Å². The average molecular weight is 933 g/mol. The first-order valence-corrected chi connectivity index (χ1v) is 22.6. The molecule has 68 heavy (non-hydrogen) atoms. The SMILES string of the molecule is O=C(NCCc1ccc(F)cc1)C1CN(C(=O)c2ccc(C(=O)N3CC(C(=O)NCCc4ccc(F)cc4)[C@H](C(=O)NCCc4ccc(F)cc4)C3)cc2)C[C@H]1C(=O)NCCc1ccc(F)cc1. The summed E-state index contributed by atoms with van der Waals surface area (Å²) in [5.74, 6) is -7.72. The highest BCUT2D eigenvalue weighted by Crippen LogP contribution is 2.28. The highest BCUT2D eigenvalue weighted by Gasteiger charge is 2.45. The van der Waals surface area contributed by atoms with Gasteiger partial charge in [0.05, 0.1) is 23.7 Å². The van der Waals surface area contributed by atoms with Crippen molar-refractivity contribution in [2.24, 2.45) is 23.7 Å². The maximum atomic E-state index is 14.0. The second-order valence-corrected chi connectivity index (χ2v) is 17.1. The minimum absolute atomic E-state index is 0.0631. The highest BCUT2D eigenvalue weighted by atomic mass is 19.1. The maximum absolute atomic E-state index is 14.0. The number of rotatable bonds is 18. The van der Waals surface area contributed by atoms with Crippen molar-refractivity contribution in [1.29, 1.82) is 0 Å².